The zero-order valence-corrected chi connectivity index (χ0v) is 18.1. The van der Waals surface area contributed by atoms with Crippen LogP contribution in [-0.2, 0) is 21.3 Å². The van der Waals surface area contributed by atoms with E-state index in [1.54, 1.807) is 0 Å². The van der Waals surface area contributed by atoms with Crippen molar-refractivity contribution in [2.24, 2.45) is 0 Å². The van der Waals surface area contributed by atoms with Gasteiger partial charge in [-0.25, -0.2) is 8.42 Å². The van der Waals surface area contributed by atoms with Gasteiger partial charge in [-0.1, -0.05) is 64.6 Å². The first-order chi connectivity index (χ1) is 14.3. The first-order valence-corrected chi connectivity index (χ1v) is 10.9. The average molecular weight is 445 g/mol. The van der Waals surface area contributed by atoms with Crippen molar-refractivity contribution in [3.8, 4) is 0 Å². The van der Waals surface area contributed by atoms with Gasteiger partial charge in [-0.2, -0.15) is 0 Å². The van der Waals surface area contributed by atoms with Crippen LogP contribution in [0.2, 0.25) is 5.02 Å². The molecule has 3 aromatic rings. The highest BCUT2D eigenvalue weighted by Crippen LogP contribution is 2.26. The van der Waals surface area contributed by atoms with Crippen LogP contribution >= 0.6 is 11.6 Å². The Morgan fingerprint density at radius 3 is 2.40 bits per heavy atom. The minimum absolute atomic E-state index is 0.0000669. The third-order valence-electron chi connectivity index (χ3n) is 4.57. The molecule has 0 saturated carbocycles. The SMILES string of the molecule is CON(C)S(=O)(=O)c1cc(C(=O)Nc2ccccc2Cc2ccccc2)ccc1Cl. The van der Waals surface area contributed by atoms with Crippen molar-refractivity contribution in [3.05, 3.63) is 94.5 Å². The van der Waals surface area contributed by atoms with Gasteiger partial charge in [0.2, 0.25) is 0 Å². The lowest BCUT2D eigenvalue weighted by Crippen LogP contribution is -2.26. The quantitative estimate of drug-likeness (QED) is 0.549. The maximum atomic E-state index is 12.9. The molecule has 0 aliphatic carbocycles. The van der Waals surface area contributed by atoms with Crippen molar-refractivity contribution in [3.63, 3.8) is 0 Å². The van der Waals surface area contributed by atoms with E-state index in [4.69, 9.17) is 16.4 Å². The van der Waals surface area contributed by atoms with Crippen LogP contribution in [0.3, 0.4) is 0 Å². The molecule has 30 heavy (non-hydrogen) atoms. The number of sulfonamides is 1. The Balaban J connectivity index is 1.88. The maximum Gasteiger partial charge on any atom is 0.266 e. The van der Waals surface area contributed by atoms with Crippen molar-refractivity contribution in [1.29, 1.82) is 0 Å². The van der Waals surface area contributed by atoms with E-state index in [0.29, 0.717) is 16.6 Å². The molecule has 6 nitrogen and oxygen atoms in total. The van der Waals surface area contributed by atoms with Crippen molar-refractivity contribution >= 4 is 33.2 Å². The van der Waals surface area contributed by atoms with Gasteiger partial charge in [-0.3, -0.25) is 9.63 Å². The van der Waals surface area contributed by atoms with Gasteiger partial charge < -0.3 is 5.32 Å². The Morgan fingerprint density at radius 2 is 1.70 bits per heavy atom. The Hall–Kier alpha value is -2.71. The first-order valence-electron chi connectivity index (χ1n) is 9.08. The number of hydrogen-bond acceptors (Lipinski definition) is 4. The van der Waals surface area contributed by atoms with Crippen molar-refractivity contribution in [2.75, 3.05) is 19.5 Å². The second kappa shape index (κ2) is 9.40. The molecule has 0 heterocycles. The molecule has 0 aliphatic rings. The summed E-state index contributed by atoms with van der Waals surface area (Å²) in [4.78, 5) is 17.4. The molecule has 3 rings (SSSR count). The van der Waals surface area contributed by atoms with Crippen LogP contribution in [0.15, 0.2) is 77.7 Å². The van der Waals surface area contributed by atoms with Gasteiger partial charge in [0, 0.05) is 18.3 Å². The van der Waals surface area contributed by atoms with E-state index in [0.717, 1.165) is 11.1 Å². The molecule has 0 aliphatic heterocycles. The normalized spacial score (nSPS) is 11.5. The van der Waals surface area contributed by atoms with Gasteiger partial charge in [0.1, 0.15) is 4.90 Å². The number of para-hydroxylation sites is 1. The van der Waals surface area contributed by atoms with E-state index in [-0.39, 0.29) is 15.5 Å². The molecule has 0 saturated heterocycles. The zero-order valence-electron chi connectivity index (χ0n) is 16.5. The minimum Gasteiger partial charge on any atom is -0.322 e. The van der Waals surface area contributed by atoms with E-state index in [2.05, 4.69) is 5.32 Å². The molecule has 0 bridgehead atoms. The van der Waals surface area contributed by atoms with Crippen LogP contribution in [0.25, 0.3) is 0 Å². The molecular formula is C22H21ClN2O4S. The summed E-state index contributed by atoms with van der Waals surface area (Å²) in [6, 6.07) is 21.5. The molecule has 1 amide bonds. The largest absolute Gasteiger partial charge is 0.322 e. The fourth-order valence-corrected chi connectivity index (χ4v) is 4.36. The van der Waals surface area contributed by atoms with Crippen molar-refractivity contribution < 1.29 is 18.0 Å². The van der Waals surface area contributed by atoms with E-state index in [1.165, 1.54) is 32.4 Å². The Morgan fingerprint density at radius 1 is 1.03 bits per heavy atom. The second-order valence-corrected chi connectivity index (χ2v) is 8.83. The standard InChI is InChI=1S/C22H21ClN2O4S/c1-25(29-2)30(27,28)21-15-18(12-13-19(21)23)22(26)24-20-11-7-6-10-17(20)14-16-8-4-3-5-9-16/h3-13,15H,14H2,1-2H3,(H,24,26). The summed E-state index contributed by atoms with van der Waals surface area (Å²) < 4.78 is 25.8. The predicted molar refractivity (Wildman–Crippen MR) is 117 cm³/mol. The van der Waals surface area contributed by atoms with Gasteiger partial charge in [0.05, 0.1) is 12.1 Å². The number of amides is 1. The summed E-state index contributed by atoms with van der Waals surface area (Å²) in [6.45, 7) is 0. The highest BCUT2D eigenvalue weighted by atomic mass is 35.5. The lowest BCUT2D eigenvalue weighted by atomic mass is 10.0. The molecule has 156 valence electrons. The van der Waals surface area contributed by atoms with Gasteiger partial charge in [0.25, 0.3) is 15.9 Å². The lowest BCUT2D eigenvalue weighted by Gasteiger charge is -2.16. The molecule has 3 aromatic carbocycles. The number of carbonyl (C=O) groups excluding carboxylic acids is 1. The first kappa shape index (κ1) is 22.0. The summed E-state index contributed by atoms with van der Waals surface area (Å²) in [5, 5.41) is 2.87. The van der Waals surface area contributed by atoms with Crippen molar-refractivity contribution in [1.82, 2.24) is 4.47 Å². The summed E-state index contributed by atoms with van der Waals surface area (Å²) in [7, 11) is -1.52. The van der Waals surface area contributed by atoms with Crippen LogP contribution in [0.1, 0.15) is 21.5 Å². The number of nitrogens with one attached hydrogen (secondary N) is 1. The predicted octanol–water partition coefficient (Wildman–Crippen LogP) is 4.37. The van der Waals surface area contributed by atoms with Gasteiger partial charge >= 0.3 is 0 Å². The summed E-state index contributed by atoms with van der Waals surface area (Å²) in [5.41, 5.74) is 2.87. The fourth-order valence-electron chi connectivity index (χ4n) is 2.89. The number of anilines is 1. The molecule has 0 aromatic heterocycles. The monoisotopic (exact) mass is 444 g/mol. The van der Waals surface area contributed by atoms with E-state index in [1.807, 2.05) is 54.6 Å². The molecule has 0 radical (unpaired) electrons. The lowest BCUT2D eigenvalue weighted by molar-refractivity contribution is -0.0258. The Kier molecular flexibility index (Phi) is 6.89. The molecule has 0 fully saturated rings. The Labute approximate surface area is 181 Å². The molecule has 0 atom stereocenters. The summed E-state index contributed by atoms with van der Waals surface area (Å²) in [6.07, 6.45) is 0.649. The maximum absolute atomic E-state index is 12.9. The van der Waals surface area contributed by atoms with Crippen LogP contribution in [-0.4, -0.2) is 33.0 Å². The summed E-state index contributed by atoms with van der Waals surface area (Å²) in [5.74, 6) is -0.441. The number of hydroxylamine groups is 1. The van der Waals surface area contributed by atoms with Crippen LogP contribution in [0.5, 0.6) is 0 Å². The number of rotatable bonds is 7. The minimum atomic E-state index is -4.00. The number of nitrogens with zero attached hydrogens (tertiary/aromatic N) is 1. The number of benzene rings is 3. The number of hydrogen-bond donors (Lipinski definition) is 1. The second-order valence-electron chi connectivity index (χ2n) is 6.52. The molecule has 0 unspecified atom stereocenters. The smallest absolute Gasteiger partial charge is 0.266 e. The molecular weight excluding hydrogens is 424 g/mol. The third kappa shape index (κ3) is 4.88. The molecule has 1 N–H and O–H groups in total. The van der Waals surface area contributed by atoms with Crippen LogP contribution < -0.4 is 5.32 Å². The fraction of sp³-hybridized carbons (Fsp3) is 0.136. The molecule has 8 heteroatoms. The van der Waals surface area contributed by atoms with Gasteiger partial charge in [-0.15, -0.1) is 0 Å². The van der Waals surface area contributed by atoms with Crippen LogP contribution in [0, 0.1) is 0 Å². The highest BCUT2D eigenvalue weighted by Gasteiger charge is 2.25. The van der Waals surface area contributed by atoms with Crippen LogP contribution in [0.4, 0.5) is 5.69 Å². The third-order valence-corrected chi connectivity index (χ3v) is 6.73. The average Bonchev–Trinajstić information content (AvgIpc) is 2.75. The topological polar surface area (TPSA) is 75.7 Å². The number of halogens is 1. The summed E-state index contributed by atoms with van der Waals surface area (Å²) >= 11 is 6.07. The van der Waals surface area contributed by atoms with E-state index in [9.17, 15) is 13.2 Å². The van der Waals surface area contributed by atoms with Gasteiger partial charge in [0.15, 0.2) is 0 Å². The Bertz CT molecular complexity index is 1150. The van der Waals surface area contributed by atoms with E-state index < -0.39 is 15.9 Å². The number of carbonyl (C=O) groups is 1. The highest BCUT2D eigenvalue weighted by molar-refractivity contribution is 7.89. The van der Waals surface area contributed by atoms with Gasteiger partial charge in [-0.05, 0) is 41.8 Å². The van der Waals surface area contributed by atoms with Crippen molar-refractivity contribution in [2.45, 2.75) is 11.3 Å². The molecule has 0 spiro atoms. The van der Waals surface area contributed by atoms with E-state index >= 15 is 0 Å². The zero-order chi connectivity index (χ0) is 21.7.